The molecule has 1 heterocycles. The second-order valence-corrected chi connectivity index (χ2v) is 6.76. The van der Waals surface area contributed by atoms with Crippen molar-refractivity contribution in [1.29, 1.82) is 0 Å². The van der Waals surface area contributed by atoms with Gasteiger partial charge in [-0.15, -0.1) is 12.4 Å². The molecule has 4 nitrogen and oxygen atoms in total. The fourth-order valence-electron chi connectivity index (χ4n) is 2.64. The van der Waals surface area contributed by atoms with E-state index < -0.39 is 0 Å². The van der Waals surface area contributed by atoms with Crippen LogP contribution < -0.4 is 14.8 Å². The van der Waals surface area contributed by atoms with E-state index in [1.54, 1.807) is 24.5 Å². The van der Waals surface area contributed by atoms with Crippen molar-refractivity contribution in [3.63, 3.8) is 0 Å². The fraction of sp³-hybridized carbons (Fsp3) is 0.238. The molecule has 0 aliphatic rings. The zero-order valence-corrected chi connectivity index (χ0v) is 17.8. The van der Waals surface area contributed by atoms with Gasteiger partial charge in [0, 0.05) is 12.1 Å². The summed E-state index contributed by atoms with van der Waals surface area (Å²) in [6.45, 7) is 3.83. The van der Waals surface area contributed by atoms with Crippen LogP contribution in [0.4, 0.5) is 4.39 Å². The second-order valence-electron chi connectivity index (χ2n) is 5.90. The van der Waals surface area contributed by atoms with Gasteiger partial charge in [0.05, 0.1) is 23.9 Å². The molecule has 7 heteroatoms. The average Bonchev–Trinajstić information content (AvgIpc) is 3.16. The van der Waals surface area contributed by atoms with Crippen LogP contribution in [0.15, 0.2) is 63.7 Å². The van der Waals surface area contributed by atoms with Crippen molar-refractivity contribution in [3.05, 3.63) is 82.0 Å². The van der Waals surface area contributed by atoms with Crippen molar-refractivity contribution >= 4 is 28.3 Å². The molecule has 1 N–H and O–H groups in total. The SMILES string of the molecule is CCOc1cc(CNCc2ccco2)cc(Br)c1OCc1ccccc1F.Cl. The number of rotatable bonds is 9. The molecule has 0 atom stereocenters. The van der Waals surface area contributed by atoms with Gasteiger partial charge in [-0.1, -0.05) is 18.2 Å². The van der Waals surface area contributed by atoms with Gasteiger partial charge in [-0.3, -0.25) is 0 Å². The third-order valence-electron chi connectivity index (χ3n) is 3.91. The lowest BCUT2D eigenvalue weighted by Crippen LogP contribution is -2.12. The molecule has 0 spiro atoms. The van der Waals surface area contributed by atoms with Crippen LogP contribution in [0.5, 0.6) is 11.5 Å². The van der Waals surface area contributed by atoms with Crippen LogP contribution in [-0.2, 0) is 19.7 Å². The summed E-state index contributed by atoms with van der Waals surface area (Å²) in [7, 11) is 0. The quantitative estimate of drug-likeness (QED) is 0.425. The Bertz CT molecular complexity index is 874. The number of halogens is 3. The molecule has 1 aromatic heterocycles. The van der Waals surface area contributed by atoms with Gasteiger partial charge >= 0.3 is 0 Å². The molecule has 0 fully saturated rings. The summed E-state index contributed by atoms with van der Waals surface area (Å²) < 4.78 is 31.5. The third-order valence-corrected chi connectivity index (χ3v) is 4.50. The highest BCUT2D eigenvalue weighted by molar-refractivity contribution is 9.10. The molecule has 28 heavy (non-hydrogen) atoms. The van der Waals surface area contributed by atoms with E-state index in [-0.39, 0.29) is 24.8 Å². The Morgan fingerprint density at radius 2 is 1.89 bits per heavy atom. The maximum Gasteiger partial charge on any atom is 0.175 e. The van der Waals surface area contributed by atoms with Crippen molar-refractivity contribution in [2.24, 2.45) is 0 Å². The van der Waals surface area contributed by atoms with Crippen molar-refractivity contribution in [2.45, 2.75) is 26.6 Å². The summed E-state index contributed by atoms with van der Waals surface area (Å²) in [5, 5.41) is 3.32. The largest absolute Gasteiger partial charge is 0.490 e. The van der Waals surface area contributed by atoms with Gasteiger partial charge in [0.1, 0.15) is 18.2 Å². The molecule has 0 saturated carbocycles. The molecule has 2 aromatic carbocycles. The zero-order chi connectivity index (χ0) is 19.1. The van der Waals surface area contributed by atoms with Crippen LogP contribution in [0.3, 0.4) is 0 Å². The van der Waals surface area contributed by atoms with Crippen LogP contribution in [0.1, 0.15) is 23.8 Å². The predicted molar refractivity (Wildman–Crippen MR) is 113 cm³/mol. The number of ether oxygens (including phenoxy) is 2. The summed E-state index contributed by atoms with van der Waals surface area (Å²) in [6.07, 6.45) is 1.66. The summed E-state index contributed by atoms with van der Waals surface area (Å²) in [6, 6.07) is 14.3. The van der Waals surface area contributed by atoms with Crippen LogP contribution >= 0.6 is 28.3 Å². The Morgan fingerprint density at radius 3 is 2.61 bits per heavy atom. The Morgan fingerprint density at radius 1 is 1.07 bits per heavy atom. The van der Waals surface area contributed by atoms with Crippen LogP contribution in [-0.4, -0.2) is 6.61 Å². The second kappa shape index (κ2) is 11.1. The average molecular weight is 471 g/mol. The lowest BCUT2D eigenvalue weighted by molar-refractivity contribution is 0.264. The van der Waals surface area contributed by atoms with Crippen molar-refractivity contribution in [3.8, 4) is 11.5 Å². The number of hydrogen-bond donors (Lipinski definition) is 1. The first-order valence-corrected chi connectivity index (χ1v) is 9.51. The van der Waals surface area contributed by atoms with Crippen LogP contribution in [0.25, 0.3) is 0 Å². The van der Waals surface area contributed by atoms with E-state index in [9.17, 15) is 4.39 Å². The Kier molecular flexibility index (Phi) is 8.83. The van der Waals surface area contributed by atoms with E-state index >= 15 is 0 Å². The normalized spacial score (nSPS) is 10.4. The topological polar surface area (TPSA) is 43.6 Å². The van der Waals surface area contributed by atoms with E-state index in [0.717, 1.165) is 15.8 Å². The number of benzene rings is 2. The van der Waals surface area contributed by atoms with E-state index in [2.05, 4.69) is 21.2 Å². The molecule has 0 aliphatic heterocycles. The van der Waals surface area contributed by atoms with Gasteiger partial charge in [0.15, 0.2) is 11.5 Å². The van der Waals surface area contributed by atoms with Gasteiger partial charge in [0.25, 0.3) is 0 Å². The fourth-order valence-corrected chi connectivity index (χ4v) is 3.24. The van der Waals surface area contributed by atoms with Crippen molar-refractivity contribution < 1.29 is 18.3 Å². The predicted octanol–water partition coefficient (Wildman–Crippen LogP) is 5.87. The highest BCUT2D eigenvalue weighted by Gasteiger charge is 2.13. The number of furan rings is 1. The molecule has 0 unspecified atom stereocenters. The monoisotopic (exact) mass is 469 g/mol. The highest BCUT2D eigenvalue weighted by atomic mass is 79.9. The zero-order valence-electron chi connectivity index (χ0n) is 15.4. The minimum Gasteiger partial charge on any atom is -0.490 e. The highest BCUT2D eigenvalue weighted by Crippen LogP contribution is 2.37. The smallest absolute Gasteiger partial charge is 0.175 e. The summed E-state index contributed by atoms with van der Waals surface area (Å²) in [4.78, 5) is 0. The first-order chi connectivity index (χ1) is 13.2. The lowest BCUT2D eigenvalue weighted by Gasteiger charge is -2.16. The molecule has 0 radical (unpaired) electrons. The number of hydrogen-bond acceptors (Lipinski definition) is 4. The van der Waals surface area contributed by atoms with E-state index in [4.69, 9.17) is 13.9 Å². The molecule has 3 rings (SSSR count). The molecule has 0 saturated heterocycles. The molecule has 0 aliphatic carbocycles. The minimum absolute atomic E-state index is 0. The van der Waals surface area contributed by atoms with E-state index in [0.29, 0.717) is 36.8 Å². The Hall–Kier alpha value is -2.02. The third kappa shape index (κ3) is 5.99. The maximum absolute atomic E-state index is 13.8. The molecule has 0 amide bonds. The Labute approximate surface area is 178 Å². The van der Waals surface area contributed by atoms with Gasteiger partial charge in [-0.2, -0.15) is 0 Å². The summed E-state index contributed by atoms with van der Waals surface area (Å²) in [5.41, 5.74) is 1.53. The first kappa shape index (κ1) is 22.3. The molecular formula is C21H22BrClFNO3. The maximum atomic E-state index is 13.8. The van der Waals surface area contributed by atoms with E-state index in [1.807, 2.05) is 31.2 Å². The lowest BCUT2D eigenvalue weighted by atomic mass is 10.2. The van der Waals surface area contributed by atoms with Gasteiger partial charge in [-0.05, 0) is 58.7 Å². The van der Waals surface area contributed by atoms with Crippen LogP contribution in [0.2, 0.25) is 0 Å². The van der Waals surface area contributed by atoms with Crippen LogP contribution in [0, 0.1) is 5.82 Å². The first-order valence-electron chi connectivity index (χ1n) is 8.72. The van der Waals surface area contributed by atoms with Gasteiger partial charge in [0.2, 0.25) is 0 Å². The molecular weight excluding hydrogens is 449 g/mol. The minimum atomic E-state index is -0.287. The standard InChI is InChI=1S/C21H21BrFNO3.ClH/c1-2-25-20-11-15(12-24-13-17-7-5-9-26-17)10-18(22)21(20)27-14-16-6-3-4-8-19(16)23;/h3-11,24H,2,12-14H2,1H3;1H. The molecule has 0 bridgehead atoms. The van der Waals surface area contributed by atoms with Crippen molar-refractivity contribution in [2.75, 3.05) is 6.61 Å². The number of nitrogens with one attached hydrogen (secondary N) is 1. The van der Waals surface area contributed by atoms with Crippen molar-refractivity contribution in [1.82, 2.24) is 5.32 Å². The van der Waals surface area contributed by atoms with Gasteiger partial charge in [-0.25, -0.2) is 4.39 Å². The summed E-state index contributed by atoms with van der Waals surface area (Å²) in [5.74, 6) is 1.78. The molecule has 150 valence electrons. The Balaban J connectivity index is 0.00000280. The molecule has 3 aromatic rings. The van der Waals surface area contributed by atoms with Gasteiger partial charge < -0.3 is 19.2 Å². The van der Waals surface area contributed by atoms with E-state index in [1.165, 1.54) is 6.07 Å². The summed E-state index contributed by atoms with van der Waals surface area (Å²) >= 11 is 3.55.